The van der Waals surface area contributed by atoms with Crippen molar-refractivity contribution in [2.24, 2.45) is 5.92 Å². The monoisotopic (exact) mass is 516 g/mol. The zero-order chi connectivity index (χ0) is 25.9. The maximum absolute atomic E-state index is 6.15. The van der Waals surface area contributed by atoms with E-state index in [0.717, 1.165) is 31.6 Å². The molecule has 0 aliphatic rings. The lowest BCUT2D eigenvalue weighted by Gasteiger charge is -2.24. The summed E-state index contributed by atoms with van der Waals surface area (Å²) < 4.78 is 22.7. The fourth-order valence-corrected chi connectivity index (χ4v) is 6.68. The Balaban J connectivity index is 4.09. The average Bonchev–Trinajstić information content (AvgIpc) is 2.88. The lowest BCUT2D eigenvalue weighted by atomic mass is 9.94. The van der Waals surface area contributed by atoms with E-state index in [0.29, 0.717) is 0 Å². The van der Waals surface area contributed by atoms with Gasteiger partial charge in [-0.3, -0.25) is 0 Å². The van der Waals surface area contributed by atoms with Gasteiger partial charge in [0, 0.05) is 40.6 Å². The molecule has 0 atom stereocenters. The van der Waals surface area contributed by atoms with Gasteiger partial charge in [0.25, 0.3) is 0 Å². The van der Waals surface area contributed by atoms with Crippen LogP contribution in [0.3, 0.4) is 0 Å². The second kappa shape index (κ2) is 27.1. The standard InChI is InChI=1S/C30H64O4Si/c1-6-8-10-12-14-16-18-20-22-25-30(26-23-21-19-17-15-13-11-9-7-2)29-34-27-24-28-35(31-3,32-4)33-5/h30H,6-29H2,1-5H3. The van der Waals surface area contributed by atoms with Crippen molar-refractivity contribution in [3.63, 3.8) is 0 Å². The molecule has 0 aromatic rings. The zero-order valence-electron chi connectivity index (χ0n) is 24.7. The predicted molar refractivity (Wildman–Crippen MR) is 154 cm³/mol. The molecule has 0 bridgehead atoms. The van der Waals surface area contributed by atoms with E-state index in [-0.39, 0.29) is 0 Å². The summed E-state index contributed by atoms with van der Waals surface area (Å²) in [5.41, 5.74) is 0. The molecule has 0 saturated heterocycles. The van der Waals surface area contributed by atoms with Crippen LogP contribution in [0, 0.1) is 5.92 Å². The minimum absolute atomic E-state index is 0.721. The first-order valence-electron chi connectivity index (χ1n) is 15.4. The molecule has 0 heterocycles. The molecular formula is C30H64O4Si. The van der Waals surface area contributed by atoms with Gasteiger partial charge in [0.1, 0.15) is 0 Å². The van der Waals surface area contributed by atoms with E-state index >= 15 is 0 Å². The van der Waals surface area contributed by atoms with Crippen molar-refractivity contribution in [2.75, 3.05) is 34.5 Å². The van der Waals surface area contributed by atoms with Crippen molar-refractivity contribution in [2.45, 2.75) is 155 Å². The summed E-state index contributed by atoms with van der Waals surface area (Å²) in [4.78, 5) is 0. The van der Waals surface area contributed by atoms with Gasteiger partial charge in [0.15, 0.2) is 0 Å². The molecule has 212 valence electrons. The van der Waals surface area contributed by atoms with E-state index < -0.39 is 8.80 Å². The van der Waals surface area contributed by atoms with E-state index in [1.54, 1.807) is 21.3 Å². The van der Waals surface area contributed by atoms with E-state index in [1.807, 2.05) is 0 Å². The largest absolute Gasteiger partial charge is 0.500 e. The summed E-state index contributed by atoms with van der Waals surface area (Å²) >= 11 is 0. The molecule has 35 heavy (non-hydrogen) atoms. The highest BCUT2D eigenvalue weighted by atomic mass is 28.4. The van der Waals surface area contributed by atoms with Gasteiger partial charge in [-0.05, 0) is 25.2 Å². The molecule has 0 aliphatic heterocycles. The summed E-state index contributed by atoms with van der Waals surface area (Å²) in [7, 11) is 2.60. The van der Waals surface area contributed by atoms with Crippen LogP contribution in [0.15, 0.2) is 0 Å². The molecule has 4 nitrogen and oxygen atoms in total. The van der Waals surface area contributed by atoms with Gasteiger partial charge in [-0.25, -0.2) is 0 Å². The molecule has 5 heteroatoms. The van der Waals surface area contributed by atoms with Crippen LogP contribution in [0.1, 0.15) is 149 Å². The third kappa shape index (κ3) is 21.8. The Morgan fingerprint density at radius 2 is 0.857 bits per heavy atom. The van der Waals surface area contributed by atoms with Crippen LogP contribution in [0.2, 0.25) is 6.04 Å². The highest BCUT2D eigenvalue weighted by Gasteiger charge is 2.36. The highest BCUT2D eigenvalue weighted by Crippen LogP contribution is 2.21. The molecular weight excluding hydrogens is 452 g/mol. The minimum atomic E-state index is -2.46. The molecule has 0 aliphatic carbocycles. The third-order valence-corrected chi connectivity index (χ3v) is 10.3. The Kier molecular flexibility index (Phi) is 27.1. The van der Waals surface area contributed by atoms with E-state index in [1.165, 1.54) is 128 Å². The highest BCUT2D eigenvalue weighted by molar-refractivity contribution is 6.60. The van der Waals surface area contributed by atoms with Crippen LogP contribution in [0.4, 0.5) is 0 Å². The van der Waals surface area contributed by atoms with Crippen molar-refractivity contribution >= 4 is 8.80 Å². The summed E-state index contributed by atoms with van der Waals surface area (Å²) in [6.07, 6.45) is 28.9. The first kappa shape index (κ1) is 35.1. The van der Waals surface area contributed by atoms with Crippen LogP contribution < -0.4 is 0 Å². The van der Waals surface area contributed by atoms with E-state index in [9.17, 15) is 0 Å². The fourth-order valence-electron chi connectivity index (χ4n) is 5.00. The molecule has 0 aromatic carbocycles. The number of hydrogen-bond acceptors (Lipinski definition) is 4. The molecule has 0 amide bonds. The number of unbranched alkanes of at least 4 members (excludes halogenated alkanes) is 16. The second-order valence-corrected chi connectivity index (χ2v) is 13.7. The van der Waals surface area contributed by atoms with Crippen LogP contribution in [-0.2, 0) is 18.0 Å². The number of rotatable bonds is 29. The first-order chi connectivity index (χ1) is 17.2. The van der Waals surface area contributed by atoms with Gasteiger partial charge in [0.05, 0.1) is 0 Å². The molecule has 0 rings (SSSR count). The zero-order valence-corrected chi connectivity index (χ0v) is 25.7. The van der Waals surface area contributed by atoms with Crippen LogP contribution in [0.25, 0.3) is 0 Å². The fraction of sp³-hybridized carbons (Fsp3) is 1.00. The number of hydrogen-bond donors (Lipinski definition) is 0. The predicted octanol–water partition coefficient (Wildman–Crippen LogP) is 9.73. The lowest BCUT2D eigenvalue weighted by molar-refractivity contribution is 0.0828. The minimum Gasteiger partial charge on any atom is -0.381 e. The van der Waals surface area contributed by atoms with E-state index in [4.69, 9.17) is 18.0 Å². The van der Waals surface area contributed by atoms with Gasteiger partial charge in [0.2, 0.25) is 0 Å². The SMILES string of the molecule is CCCCCCCCCCCC(CCCCCCCCCCC)COCCC[Si](OC)(OC)OC. The van der Waals surface area contributed by atoms with Crippen LogP contribution in [-0.4, -0.2) is 43.3 Å². The van der Waals surface area contributed by atoms with Gasteiger partial charge in [-0.2, -0.15) is 0 Å². The molecule has 0 radical (unpaired) electrons. The normalized spacial score (nSPS) is 12.2. The summed E-state index contributed by atoms with van der Waals surface area (Å²) in [6.45, 7) is 6.28. The van der Waals surface area contributed by atoms with Gasteiger partial charge < -0.3 is 18.0 Å². The maximum atomic E-state index is 6.15. The van der Waals surface area contributed by atoms with Crippen molar-refractivity contribution in [1.29, 1.82) is 0 Å². The Hall–Kier alpha value is 0.0569. The van der Waals surface area contributed by atoms with Crippen molar-refractivity contribution in [3.8, 4) is 0 Å². The van der Waals surface area contributed by atoms with Gasteiger partial charge >= 0.3 is 8.80 Å². The number of ether oxygens (including phenoxy) is 1. The molecule has 0 saturated carbocycles. The summed E-state index contributed by atoms with van der Waals surface area (Å²) in [5, 5.41) is 0. The molecule has 0 spiro atoms. The smallest absolute Gasteiger partial charge is 0.381 e. The first-order valence-corrected chi connectivity index (χ1v) is 17.3. The summed E-state index contributed by atoms with van der Waals surface area (Å²) in [6, 6.07) is 0.817. The second-order valence-electron chi connectivity index (χ2n) is 10.6. The van der Waals surface area contributed by atoms with Crippen LogP contribution in [0.5, 0.6) is 0 Å². The van der Waals surface area contributed by atoms with Gasteiger partial charge in [-0.15, -0.1) is 0 Å². The van der Waals surface area contributed by atoms with Crippen molar-refractivity contribution in [3.05, 3.63) is 0 Å². The maximum Gasteiger partial charge on any atom is 0.500 e. The van der Waals surface area contributed by atoms with Crippen LogP contribution >= 0.6 is 0 Å². The lowest BCUT2D eigenvalue weighted by Crippen LogP contribution is -2.42. The van der Waals surface area contributed by atoms with Gasteiger partial charge in [-0.1, -0.05) is 129 Å². The quantitative estimate of drug-likeness (QED) is 0.0732. The topological polar surface area (TPSA) is 36.9 Å². The molecule has 0 unspecified atom stereocenters. The Morgan fingerprint density at radius 3 is 1.23 bits per heavy atom. The summed E-state index contributed by atoms with van der Waals surface area (Å²) in [5.74, 6) is 0.721. The van der Waals surface area contributed by atoms with E-state index in [2.05, 4.69) is 13.8 Å². The van der Waals surface area contributed by atoms with Crippen molar-refractivity contribution < 1.29 is 18.0 Å². The molecule has 0 N–H and O–H groups in total. The van der Waals surface area contributed by atoms with Crippen molar-refractivity contribution in [1.82, 2.24) is 0 Å². The third-order valence-electron chi connectivity index (χ3n) is 7.49. The Labute approximate surface area is 222 Å². The average molecular weight is 517 g/mol. The molecule has 0 fully saturated rings. The molecule has 0 aromatic heterocycles. The Morgan fingerprint density at radius 1 is 0.486 bits per heavy atom. The Bertz CT molecular complexity index is 374.